The van der Waals surface area contributed by atoms with Crippen molar-refractivity contribution in [3.8, 4) is 0 Å². The molecule has 0 radical (unpaired) electrons. The lowest BCUT2D eigenvalue weighted by Gasteiger charge is -2.12. The number of halogens is 3. The molecule has 100 valence electrons. The van der Waals surface area contributed by atoms with Gasteiger partial charge in [0.15, 0.2) is 0 Å². The van der Waals surface area contributed by atoms with Crippen LogP contribution in [-0.2, 0) is 6.42 Å². The minimum absolute atomic E-state index is 0.0457. The van der Waals surface area contributed by atoms with Gasteiger partial charge in [-0.3, -0.25) is 0 Å². The molecule has 1 atom stereocenters. The zero-order valence-electron chi connectivity index (χ0n) is 10.9. The molecule has 1 unspecified atom stereocenters. The number of aryl methyl sites for hydroxylation is 2. The van der Waals surface area contributed by atoms with Crippen molar-refractivity contribution in [2.75, 3.05) is 0 Å². The zero-order valence-corrected chi connectivity index (χ0v) is 14.0. The number of alkyl halides is 1. The first-order chi connectivity index (χ1) is 8.97. The zero-order chi connectivity index (χ0) is 14.0. The number of benzene rings is 2. The van der Waals surface area contributed by atoms with Gasteiger partial charge in [-0.15, -0.1) is 11.6 Å². The van der Waals surface area contributed by atoms with Gasteiger partial charge in [0.05, 0.1) is 10.4 Å². The van der Waals surface area contributed by atoms with E-state index in [1.807, 2.05) is 18.2 Å². The molecule has 0 aliphatic heterocycles. The average molecular weight is 358 g/mol. The summed E-state index contributed by atoms with van der Waals surface area (Å²) >= 11 is 15.9. The lowest BCUT2D eigenvalue weighted by Crippen LogP contribution is -1.97. The third-order valence-electron chi connectivity index (χ3n) is 3.29. The van der Waals surface area contributed by atoms with Gasteiger partial charge in [0.2, 0.25) is 0 Å². The average Bonchev–Trinajstić information content (AvgIpc) is 2.37. The fourth-order valence-corrected chi connectivity index (χ4v) is 2.79. The van der Waals surface area contributed by atoms with Crippen LogP contribution in [0.3, 0.4) is 0 Å². The van der Waals surface area contributed by atoms with Gasteiger partial charge in [0.1, 0.15) is 0 Å². The molecular formula is C16H15BrCl2. The molecule has 0 N–H and O–H groups in total. The van der Waals surface area contributed by atoms with Crippen molar-refractivity contribution in [2.24, 2.45) is 0 Å². The van der Waals surface area contributed by atoms with Crippen LogP contribution in [0, 0.1) is 13.8 Å². The van der Waals surface area contributed by atoms with Crippen LogP contribution < -0.4 is 0 Å². The van der Waals surface area contributed by atoms with E-state index in [9.17, 15) is 0 Å². The Bertz CT molecular complexity index is 593. The van der Waals surface area contributed by atoms with E-state index in [1.54, 1.807) is 0 Å². The molecule has 0 saturated heterocycles. The van der Waals surface area contributed by atoms with Crippen LogP contribution in [0.2, 0.25) is 5.02 Å². The van der Waals surface area contributed by atoms with E-state index in [2.05, 4.69) is 48.0 Å². The Balaban J connectivity index is 2.17. The molecule has 19 heavy (non-hydrogen) atoms. The van der Waals surface area contributed by atoms with Crippen molar-refractivity contribution in [3.05, 3.63) is 68.1 Å². The monoisotopic (exact) mass is 356 g/mol. The molecule has 0 amide bonds. The SMILES string of the molecule is Cc1ccc(CC(Cl)c2ccc(Cl)c(Br)c2)cc1C. The van der Waals surface area contributed by atoms with E-state index >= 15 is 0 Å². The normalized spacial score (nSPS) is 12.5. The predicted octanol–water partition coefficient (Wildman–Crippen LogP) is 6.24. The van der Waals surface area contributed by atoms with Crippen LogP contribution in [0.1, 0.15) is 27.6 Å². The highest BCUT2D eigenvalue weighted by Crippen LogP contribution is 2.31. The van der Waals surface area contributed by atoms with Crippen LogP contribution in [0.5, 0.6) is 0 Å². The van der Waals surface area contributed by atoms with E-state index in [1.165, 1.54) is 16.7 Å². The number of hydrogen-bond acceptors (Lipinski definition) is 0. The summed E-state index contributed by atoms with van der Waals surface area (Å²) in [7, 11) is 0. The fraction of sp³-hybridized carbons (Fsp3) is 0.250. The van der Waals surface area contributed by atoms with Crippen LogP contribution in [0.4, 0.5) is 0 Å². The van der Waals surface area contributed by atoms with Crippen LogP contribution >= 0.6 is 39.1 Å². The van der Waals surface area contributed by atoms with E-state index in [0.717, 1.165) is 16.5 Å². The Morgan fingerprint density at radius 1 is 1.05 bits per heavy atom. The summed E-state index contributed by atoms with van der Waals surface area (Å²) in [6.45, 7) is 4.24. The topological polar surface area (TPSA) is 0 Å². The molecule has 0 aliphatic carbocycles. The van der Waals surface area contributed by atoms with E-state index in [4.69, 9.17) is 23.2 Å². The van der Waals surface area contributed by atoms with Crippen LogP contribution in [0.25, 0.3) is 0 Å². The fourth-order valence-electron chi connectivity index (χ4n) is 1.96. The Kier molecular flexibility index (Phi) is 4.94. The van der Waals surface area contributed by atoms with Gasteiger partial charge >= 0.3 is 0 Å². The molecule has 2 aromatic rings. The highest BCUT2D eigenvalue weighted by molar-refractivity contribution is 9.10. The second-order valence-electron chi connectivity index (χ2n) is 4.76. The van der Waals surface area contributed by atoms with Crippen molar-refractivity contribution in [1.82, 2.24) is 0 Å². The molecule has 0 fully saturated rings. The Hall–Kier alpha value is -0.500. The molecule has 0 aromatic heterocycles. The first-order valence-corrected chi connectivity index (χ1v) is 7.73. The molecule has 0 saturated carbocycles. The van der Waals surface area contributed by atoms with Gasteiger partial charge in [0.25, 0.3) is 0 Å². The molecule has 2 rings (SSSR count). The van der Waals surface area contributed by atoms with Gasteiger partial charge in [-0.2, -0.15) is 0 Å². The van der Waals surface area contributed by atoms with Gasteiger partial charge in [-0.25, -0.2) is 0 Å². The van der Waals surface area contributed by atoms with Gasteiger partial charge in [-0.05, 0) is 70.6 Å². The van der Waals surface area contributed by atoms with Crippen LogP contribution in [-0.4, -0.2) is 0 Å². The molecular weight excluding hydrogens is 343 g/mol. The smallest absolute Gasteiger partial charge is 0.0625 e. The second kappa shape index (κ2) is 6.30. The Morgan fingerprint density at radius 2 is 1.79 bits per heavy atom. The molecule has 3 heteroatoms. The summed E-state index contributed by atoms with van der Waals surface area (Å²) in [4.78, 5) is 0. The molecule has 0 bridgehead atoms. The summed E-state index contributed by atoms with van der Waals surface area (Å²) in [5.41, 5.74) is 4.95. The van der Waals surface area contributed by atoms with Gasteiger partial charge < -0.3 is 0 Å². The Labute approximate surface area is 132 Å². The molecule has 0 aliphatic rings. The number of hydrogen-bond donors (Lipinski definition) is 0. The van der Waals surface area contributed by atoms with Crippen molar-refractivity contribution in [1.29, 1.82) is 0 Å². The quantitative estimate of drug-likeness (QED) is 0.570. The van der Waals surface area contributed by atoms with Crippen LogP contribution in [0.15, 0.2) is 40.9 Å². The molecule has 2 aromatic carbocycles. The second-order valence-corrected chi connectivity index (χ2v) is 6.55. The third kappa shape index (κ3) is 3.75. The summed E-state index contributed by atoms with van der Waals surface area (Å²) in [6.07, 6.45) is 0.816. The van der Waals surface area contributed by atoms with Crippen molar-refractivity contribution in [3.63, 3.8) is 0 Å². The third-order valence-corrected chi connectivity index (χ3v) is 4.91. The summed E-state index contributed by atoms with van der Waals surface area (Å²) in [5.74, 6) is 0. The first kappa shape index (κ1) is 14.9. The van der Waals surface area contributed by atoms with E-state index in [0.29, 0.717) is 5.02 Å². The summed E-state index contributed by atoms with van der Waals surface area (Å²) in [6, 6.07) is 12.3. The lowest BCUT2D eigenvalue weighted by molar-refractivity contribution is 0.916. The first-order valence-electron chi connectivity index (χ1n) is 6.12. The highest BCUT2D eigenvalue weighted by Gasteiger charge is 2.11. The standard InChI is InChI=1S/C16H15BrCl2/c1-10-3-4-12(7-11(10)2)8-16(19)13-5-6-15(18)14(17)9-13/h3-7,9,16H,8H2,1-2H3. The maximum Gasteiger partial charge on any atom is 0.0625 e. The van der Waals surface area contributed by atoms with Gasteiger partial charge in [0, 0.05) is 4.47 Å². The van der Waals surface area contributed by atoms with Crippen molar-refractivity contribution >= 4 is 39.1 Å². The minimum atomic E-state index is -0.0457. The summed E-state index contributed by atoms with van der Waals surface area (Å²) < 4.78 is 0.886. The number of rotatable bonds is 3. The predicted molar refractivity (Wildman–Crippen MR) is 87.4 cm³/mol. The Morgan fingerprint density at radius 3 is 2.42 bits per heavy atom. The largest absolute Gasteiger partial charge is 0.117 e. The van der Waals surface area contributed by atoms with Gasteiger partial charge in [-0.1, -0.05) is 35.9 Å². The van der Waals surface area contributed by atoms with E-state index < -0.39 is 0 Å². The molecule has 0 nitrogen and oxygen atoms in total. The summed E-state index contributed by atoms with van der Waals surface area (Å²) in [5, 5.41) is 0.662. The highest BCUT2D eigenvalue weighted by atomic mass is 79.9. The minimum Gasteiger partial charge on any atom is -0.117 e. The molecule has 0 heterocycles. The lowest BCUT2D eigenvalue weighted by atomic mass is 10.0. The van der Waals surface area contributed by atoms with Crippen molar-refractivity contribution in [2.45, 2.75) is 25.6 Å². The molecule has 0 spiro atoms. The van der Waals surface area contributed by atoms with Crippen molar-refractivity contribution < 1.29 is 0 Å². The van der Waals surface area contributed by atoms with E-state index in [-0.39, 0.29) is 5.38 Å². The maximum atomic E-state index is 6.49. The maximum absolute atomic E-state index is 6.49.